The van der Waals surface area contributed by atoms with Gasteiger partial charge in [-0.15, -0.1) is 12.4 Å². The molecule has 1 amide bonds. The Morgan fingerprint density at radius 2 is 2.14 bits per heavy atom. The molecule has 5 nitrogen and oxygen atoms in total. The Hall–Kier alpha value is -1.30. The maximum absolute atomic E-state index is 12.0. The molecule has 1 aromatic carbocycles. The Kier molecular flexibility index (Phi) is 7.65. The van der Waals surface area contributed by atoms with Gasteiger partial charge in [-0.25, -0.2) is 0 Å². The van der Waals surface area contributed by atoms with Crippen LogP contribution in [0.2, 0.25) is 0 Å². The highest BCUT2D eigenvalue weighted by molar-refractivity contribution is 5.94. The lowest BCUT2D eigenvalue weighted by atomic mass is 9.99. The fourth-order valence-electron chi connectivity index (χ4n) is 2.15. The lowest BCUT2D eigenvalue weighted by Gasteiger charge is -2.18. The van der Waals surface area contributed by atoms with Crippen molar-refractivity contribution in [3.05, 3.63) is 24.3 Å². The van der Waals surface area contributed by atoms with Gasteiger partial charge in [-0.2, -0.15) is 0 Å². The number of benzene rings is 1. The van der Waals surface area contributed by atoms with E-state index < -0.39 is 6.04 Å². The molecular formula is C16H25ClN2O3. The van der Waals surface area contributed by atoms with Crippen LogP contribution in [0.1, 0.15) is 26.7 Å². The highest BCUT2D eigenvalue weighted by Gasteiger charge is 2.20. The van der Waals surface area contributed by atoms with E-state index >= 15 is 0 Å². The quantitative estimate of drug-likeness (QED) is 0.841. The van der Waals surface area contributed by atoms with E-state index in [2.05, 4.69) is 5.32 Å². The molecule has 1 fully saturated rings. The molecule has 22 heavy (non-hydrogen) atoms. The van der Waals surface area contributed by atoms with Gasteiger partial charge in [0.15, 0.2) is 0 Å². The molecule has 0 bridgehead atoms. The summed E-state index contributed by atoms with van der Waals surface area (Å²) in [4.78, 5) is 12.0. The molecule has 0 aliphatic carbocycles. The maximum Gasteiger partial charge on any atom is 0.241 e. The average molecular weight is 329 g/mol. The number of anilines is 1. The van der Waals surface area contributed by atoms with Gasteiger partial charge in [-0.05, 0) is 30.2 Å². The number of carbonyl (C=O) groups excluding carboxylic acids is 1. The number of rotatable bonds is 6. The molecule has 1 aliphatic rings. The Bertz CT molecular complexity index is 461. The molecule has 124 valence electrons. The maximum atomic E-state index is 12.0. The van der Waals surface area contributed by atoms with Gasteiger partial charge in [0.2, 0.25) is 5.91 Å². The van der Waals surface area contributed by atoms with Gasteiger partial charge in [-0.3, -0.25) is 4.79 Å². The van der Waals surface area contributed by atoms with Crippen molar-refractivity contribution in [1.29, 1.82) is 0 Å². The molecule has 0 radical (unpaired) electrons. The van der Waals surface area contributed by atoms with E-state index in [1.54, 1.807) is 0 Å². The van der Waals surface area contributed by atoms with Crippen LogP contribution in [-0.2, 0) is 9.53 Å². The standard InChI is InChI=1S/C16H24N2O3.ClH/c1-3-11(2)15(17)16(19)18-12-4-6-13(7-5-12)21-14-8-9-20-10-14;/h4-7,11,14-15H,3,8-10,17H2,1-2H3,(H,18,19);1H. The van der Waals surface area contributed by atoms with Crippen LogP contribution >= 0.6 is 12.4 Å². The van der Waals surface area contributed by atoms with Gasteiger partial charge in [-0.1, -0.05) is 20.3 Å². The predicted octanol–water partition coefficient (Wildman–Crippen LogP) is 2.59. The molecule has 3 unspecified atom stereocenters. The first-order chi connectivity index (χ1) is 10.1. The molecule has 3 N–H and O–H groups in total. The average Bonchev–Trinajstić information content (AvgIpc) is 3.00. The van der Waals surface area contributed by atoms with Gasteiger partial charge in [0.25, 0.3) is 0 Å². The van der Waals surface area contributed by atoms with E-state index in [4.69, 9.17) is 15.2 Å². The second-order valence-electron chi connectivity index (χ2n) is 5.53. The summed E-state index contributed by atoms with van der Waals surface area (Å²) < 4.78 is 11.0. The molecule has 1 aliphatic heterocycles. The summed E-state index contributed by atoms with van der Waals surface area (Å²) in [6.07, 6.45) is 1.93. The smallest absolute Gasteiger partial charge is 0.241 e. The number of hydrogen-bond donors (Lipinski definition) is 2. The van der Waals surface area contributed by atoms with Gasteiger partial charge in [0, 0.05) is 12.1 Å². The minimum atomic E-state index is -0.485. The highest BCUT2D eigenvalue weighted by Crippen LogP contribution is 2.20. The van der Waals surface area contributed by atoms with Gasteiger partial charge in [0.05, 0.1) is 19.3 Å². The number of halogens is 1. The van der Waals surface area contributed by atoms with Gasteiger partial charge in [0.1, 0.15) is 11.9 Å². The molecule has 0 saturated carbocycles. The Morgan fingerprint density at radius 1 is 1.45 bits per heavy atom. The van der Waals surface area contributed by atoms with Crippen LogP contribution in [0.15, 0.2) is 24.3 Å². The van der Waals surface area contributed by atoms with Crippen molar-refractivity contribution < 1.29 is 14.3 Å². The molecule has 1 heterocycles. The summed E-state index contributed by atoms with van der Waals surface area (Å²) in [6.45, 7) is 5.40. The fraction of sp³-hybridized carbons (Fsp3) is 0.562. The molecule has 0 aromatic heterocycles. The third-order valence-corrected chi connectivity index (χ3v) is 3.87. The third-order valence-electron chi connectivity index (χ3n) is 3.87. The number of nitrogens with one attached hydrogen (secondary N) is 1. The monoisotopic (exact) mass is 328 g/mol. The topological polar surface area (TPSA) is 73.6 Å². The van der Waals surface area contributed by atoms with E-state index in [1.807, 2.05) is 38.1 Å². The number of carbonyl (C=O) groups is 1. The highest BCUT2D eigenvalue weighted by atomic mass is 35.5. The number of ether oxygens (including phenoxy) is 2. The molecule has 2 rings (SSSR count). The molecule has 1 aromatic rings. The summed E-state index contributed by atoms with van der Waals surface area (Å²) in [6, 6.07) is 6.87. The van der Waals surface area contributed by atoms with Crippen molar-refractivity contribution in [3.63, 3.8) is 0 Å². The Labute approximate surface area is 138 Å². The van der Waals surface area contributed by atoms with Crippen LogP contribution in [0.3, 0.4) is 0 Å². The zero-order valence-electron chi connectivity index (χ0n) is 13.1. The number of hydrogen-bond acceptors (Lipinski definition) is 4. The Morgan fingerprint density at radius 3 is 2.68 bits per heavy atom. The van der Waals surface area contributed by atoms with Crippen LogP contribution < -0.4 is 15.8 Å². The minimum Gasteiger partial charge on any atom is -0.488 e. The van der Waals surface area contributed by atoms with Crippen molar-refractivity contribution in [2.24, 2.45) is 11.7 Å². The lowest BCUT2D eigenvalue weighted by Crippen LogP contribution is -2.40. The lowest BCUT2D eigenvalue weighted by molar-refractivity contribution is -0.118. The van der Waals surface area contributed by atoms with Crippen LogP contribution in [0.4, 0.5) is 5.69 Å². The summed E-state index contributed by atoms with van der Waals surface area (Å²) in [5.41, 5.74) is 6.64. The SMILES string of the molecule is CCC(C)C(N)C(=O)Nc1ccc(OC2CCOC2)cc1.Cl. The summed E-state index contributed by atoms with van der Waals surface area (Å²) >= 11 is 0. The van der Waals surface area contributed by atoms with Crippen LogP contribution in [0.25, 0.3) is 0 Å². The van der Waals surface area contributed by atoms with E-state index in [0.29, 0.717) is 6.61 Å². The minimum absolute atomic E-state index is 0. The van der Waals surface area contributed by atoms with E-state index in [-0.39, 0.29) is 30.3 Å². The molecule has 3 atom stereocenters. The zero-order valence-corrected chi connectivity index (χ0v) is 13.9. The second-order valence-corrected chi connectivity index (χ2v) is 5.53. The van der Waals surface area contributed by atoms with E-state index in [0.717, 1.165) is 30.9 Å². The van der Waals surface area contributed by atoms with Gasteiger partial charge >= 0.3 is 0 Å². The first-order valence-corrected chi connectivity index (χ1v) is 7.51. The number of amides is 1. The normalized spacial score (nSPS) is 19.9. The third kappa shape index (κ3) is 5.16. The van der Waals surface area contributed by atoms with Crippen molar-refractivity contribution in [3.8, 4) is 5.75 Å². The van der Waals surface area contributed by atoms with Crippen LogP contribution in [0, 0.1) is 5.92 Å². The largest absolute Gasteiger partial charge is 0.488 e. The summed E-state index contributed by atoms with van der Waals surface area (Å²) in [5.74, 6) is 0.798. The molecule has 1 saturated heterocycles. The van der Waals surface area contributed by atoms with Crippen LogP contribution in [-0.4, -0.2) is 31.3 Å². The van der Waals surface area contributed by atoms with Crippen molar-refractivity contribution in [1.82, 2.24) is 0 Å². The first-order valence-electron chi connectivity index (χ1n) is 7.51. The van der Waals surface area contributed by atoms with E-state index in [9.17, 15) is 4.79 Å². The van der Waals surface area contributed by atoms with Crippen molar-refractivity contribution >= 4 is 24.0 Å². The second kappa shape index (κ2) is 8.98. The predicted molar refractivity (Wildman–Crippen MR) is 89.6 cm³/mol. The van der Waals surface area contributed by atoms with Crippen molar-refractivity contribution in [2.75, 3.05) is 18.5 Å². The van der Waals surface area contributed by atoms with Crippen LogP contribution in [0.5, 0.6) is 5.75 Å². The zero-order chi connectivity index (χ0) is 15.2. The molecular weight excluding hydrogens is 304 g/mol. The molecule has 0 spiro atoms. The summed E-state index contributed by atoms with van der Waals surface area (Å²) in [7, 11) is 0. The Balaban J connectivity index is 0.00000242. The molecule has 6 heteroatoms. The summed E-state index contributed by atoms with van der Waals surface area (Å²) in [5, 5.41) is 2.83. The van der Waals surface area contributed by atoms with Crippen molar-refractivity contribution in [2.45, 2.75) is 38.8 Å². The fourth-order valence-corrected chi connectivity index (χ4v) is 2.15. The first kappa shape index (κ1) is 18.7. The number of nitrogens with two attached hydrogens (primary N) is 1. The van der Waals surface area contributed by atoms with Gasteiger partial charge < -0.3 is 20.5 Å². The van der Waals surface area contributed by atoms with E-state index in [1.165, 1.54) is 0 Å².